The van der Waals surface area contributed by atoms with Crippen molar-refractivity contribution in [3.8, 4) is 11.5 Å². The first-order valence-corrected chi connectivity index (χ1v) is 10.6. The number of hydrogen-bond donors (Lipinski definition) is 1. The SMILES string of the molecule is CCCNC(=O)N(C)CC(=O)N1N=C(c2cccc(OC)c2)C[C@H]1c1ccccc1OC. The molecule has 0 spiro atoms. The van der Waals surface area contributed by atoms with Crippen LogP contribution < -0.4 is 14.8 Å². The second-order valence-corrected chi connectivity index (χ2v) is 7.57. The molecular formula is C24H30N4O4. The predicted molar refractivity (Wildman–Crippen MR) is 123 cm³/mol. The fraction of sp³-hybridized carbons (Fsp3) is 0.375. The lowest BCUT2D eigenvalue weighted by Gasteiger charge is -2.26. The Hall–Kier alpha value is -3.55. The van der Waals surface area contributed by atoms with Crippen LogP contribution in [-0.2, 0) is 4.79 Å². The molecule has 0 saturated carbocycles. The topological polar surface area (TPSA) is 83.5 Å². The van der Waals surface area contributed by atoms with Crippen molar-refractivity contribution in [3.05, 3.63) is 59.7 Å². The van der Waals surface area contributed by atoms with Crippen LogP contribution in [0.15, 0.2) is 53.6 Å². The van der Waals surface area contributed by atoms with Gasteiger partial charge in [0.2, 0.25) is 0 Å². The van der Waals surface area contributed by atoms with Gasteiger partial charge in [0.05, 0.1) is 26.0 Å². The number of methoxy groups -OCH3 is 2. The number of hydrazone groups is 1. The molecule has 3 rings (SSSR count). The van der Waals surface area contributed by atoms with Crippen LogP contribution in [0, 0.1) is 0 Å². The van der Waals surface area contributed by atoms with Crippen molar-refractivity contribution >= 4 is 17.6 Å². The number of carbonyl (C=O) groups is 2. The van der Waals surface area contributed by atoms with Gasteiger partial charge in [-0.15, -0.1) is 0 Å². The molecule has 2 aromatic carbocycles. The van der Waals surface area contributed by atoms with Crippen molar-refractivity contribution in [1.82, 2.24) is 15.2 Å². The average Bonchev–Trinajstić information content (AvgIpc) is 3.28. The monoisotopic (exact) mass is 438 g/mol. The Morgan fingerprint density at radius 3 is 2.66 bits per heavy atom. The molecule has 1 atom stereocenters. The normalized spacial score (nSPS) is 15.2. The van der Waals surface area contributed by atoms with Gasteiger partial charge < -0.3 is 19.7 Å². The molecule has 1 aliphatic rings. The Labute approximate surface area is 188 Å². The predicted octanol–water partition coefficient (Wildman–Crippen LogP) is 3.43. The van der Waals surface area contributed by atoms with Crippen LogP contribution in [0.25, 0.3) is 0 Å². The van der Waals surface area contributed by atoms with Crippen LogP contribution in [0.2, 0.25) is 0 Å². The molecule has 2 aromatic rings. The first kappa shape index (κ1) is 23.1. The van der Waals surface area contributed by atoms with Gasteiger partial charge >= 0.3 is 6.03 Å². The number of nitrogens with one attached hydrogen (secondary N) is 1. The number of amides is 3. The maximum atomic E-state index is 13.2. The zero-order chi connectivity index (χ0) is 23.1. The molecule has 0 aliphatic carbocycles. The number of urea groups is 1. The van der Waals surface area contributed by atoms with Gasteiger partial charge in [-0.3, -0.25) is 4.79 Å². The van der Waals surface area contributed by atoms with Gasteiger partial charge in [0, 0.05) is 31.1 Å². The lowest BCUT2D eigenvalue weighted by Crippen LogP contribution is -2.43. The van der Waals surface area contributed by atoms with E-state index in [4.69, 9.17) is 9.47 Å². The molecule has 3 amide bonds. The number of benzene rings is 2. The van der Waals surface area contributed by atoms with Crippen molar-refractivity contribution in [2.75, 3.05) is 34.4 Å². The third-order valence-electron chi connectivity index (χ3n) is 5.31. The van der Waals surface area contributed by atoms with Crippen LogP contribution in [0.3, 0.4) is 0 Å². The van der Waals surface area contributed by atoms with E-state index in [0.717, 1.165) is 29.0 Å². The molecule has 0 bridgehead atoms. The molecule has 1 aliphatic heterocycles. The number of nitrogens with zero attached hydrogens (tertiary/aromatic N) is 3. The molecule has 8 heteroatoms. The average molecular weight is 439 g/mol. The summed E-state index contributed by atoms with van der Waals surface area (Å²) in [6, 6.07) is 14.6. The van der Waals surface area contributed by atoms with E-state index < -0.39 is 0 Å². The summed E-state index contributed by atoms with van der Waals surface area (Å²) in [6.45, 7) is 2.45. The summed E-state index contributed by atoms with van der Waals surface area (Å²) >= 11 is 0. The summed E-state index contributed by atoms with van der Waals surface area (Å²) in [5, 5.41) is 8.92. The molecular weight excluding hydrogens is 408 g/mol. The van der Waals surface area contributed by atoms with E-state index in [-0.39, 0.29) is 24.5 Å². The molecule has 1 N–H and O–H groups in total. The fourth-order valence-electron chi connectivity index (χ4n) is 3.62. The van der Waals surface area contributed by atoms with Crippen molar-refractivity contribution in [1.29, 1.82) is 0 Å². The number of para-hydroxylation sites is 1. The van der Waals surface area contributed by atoms with Gasteiger partial charge in [-0.1, -0.05) is 37.3 Å². The quantitative estimate of drug-likeness (QED) is 0.684. The minimum absolute atomic E-state index is 0.0872. The Bertz CT molecular complexity index is 991. The smallest absolute Gasteiger partial charge is 0.317 e. The highest BCUT2D eigenvalue weighted by Gasteiger charge is 2.35. The molecule has 170 valence electrons. The molecule has 0 radical (unpaired) electrons. The summed E-state index contributed by atoms with van der Waals surface area (Å²) in [5.41, 5.74) is 2.52. The molecule has 0 aromatic heterocycles. The summed E-state index contributed by atoms with van der Waals surface area (Å²) in [5.74, 6) is 1.13. The van der Waals surface area contributed by atoms with Crippen LogP contribution in [0.5, 0.6) is 11.5 Å². The molecule has 0 fully saturated rings. The number of ether oxygens (including phenoxy) is 2. The second kappa shape index (κ2) is 10.7. The van der Waals surface area contributed by atoms with E-state index in [2.05, 4.69) is 10.4 Å². The minimum Gasteiger partial charge on any atom is -0.497 e. The van der Waals surface area contributed by atoms with Crippen molar-refractivity contribution in [3.63, 3.8) is 0 Å². The highest BCUT2D eigenvalue weighted by Crippen LogP contribution is 2.37. The molecule has 0 saturated heterocycles. The van der Waals surface area contributed by atoms with Gasteiger partial charge in [0.15, 0.2) is 0 Å². The third-order valence-corrected chi connectivity index (χ3v) is 5.31. The first-order chi connectivity index (χ1) is 15.5. The summed E-state index contributed by atoms with van der Waals surface area (Å²) in [6.07, 6.45) is 1.34. The molecule has 32 heavy (non-hydrogen) atoms. The van der Waals surface area contributed by atoms with Crippen molar-refractivity contribution in [2.45, 2.75) is 25.8 Å². The Morgan fingerprint density at radius 2 is 1.94 bits per heavy atom. The number of carbonyl (C=O) groups excluding carboxylic acids is 2. The van der Waals surface area contributed by atoms with Crippen LogP contribution in [0.4, 0.5) is 4.79 Å². The maximum absolute atomic E-state index is 13.2. The highest BCUT2D eigenvalue weighted by molar-refractivity contribution is 6.03. The Balaban J connectivity index is 1.90. The zero-order valence-corrected chi connectivity index (χ0v) is 19.0. The van der Waals surface area contributed by atoms with E-state index in [0.29, 0.717) is 18.7 Å². The van der Waals surface area contributed by atoms with E-state index >= 15 is 0 Å². The van der Waals surface area contributed by atoms with Crippen LogP contribution in [-0.4, -0.2) is 61.9 Å². The van der Waals surface area contributed by atoms with E-state index in [1.807, 2.05) is 55.5 Å². The third kappa shape index (κ3) is 5.19. The number of likely N-dealkylation sites (N-methyl/N-ethyl adjacent to an activating group) is 1. The summed E-state index contributed by atoms with van der Waals surface area (Å²) < 4.78 is 10.9. The van der Waals surface area contributed by atoms with Crippen molar-refractivity contribution in [2.24, 2.45) is 5.10 Å². The van der Waals surface area contributed by atoms with E-state index in [1.54, 1.807) is 21.3 Å². The van der Waals surface area contributed by atoms with Gasteiger partial charge in [-0.2, -0.15) is 5.10 Å². The number of rotatable bonds is 8. The Morgan fingerprint density at radius 1 is 1.16 bits per heavy atom. The number of hydrogen-bond acceptors (Lipinski definition) is 5. The standard InChI is InChI=1S/C24H30N4O4/c1-5-13-25-24(30)27(2)16-23(29)28-21(19-11-6-7-12-22(19)32-4)15-20(26-28)17-9-8-10-18(14-17)31-3/h6-12,14,21H,5,13,15-16H2,1-4H3,(H,25,30)/t21-/m0/s1. The zero-order valence-electron chi connectivity index (χ0n) is 19.0. The molecule has 8 nitrogen and oxygen atoms in total. The largest absolute Gasteiger partial charge is 0.497 e. The van der Waals surface area contributed by atoms with Crippen LogP contribution >= 0.6 is 0 Å². The fourth-order valence-corrected chi connectivity index (χ4v) is 3.62. The van der Waals surface area contributed by atoms with E-state index in [1.165, 1.54) is 9.91 Å². The lowest BCUT2D eigenvalue weighted by atomic mass is 9.97. The Kier molecular flexibility index (Phi) is 7.70. The lowest BCUT2D eigenvalue weighted by molar-refractivity contribution is -0.133. The first-order valence-electron chi connectivity index (χ1n) is 10.6. The molecule has 0 unspecified atom stereocenters. The summed E-state index contributed by atoms with van der Waals surface area (Å²) in [7, 11) is 4.82. The maximum Gasteiger partial charge on any atom is 0.317 e. The van der Waals surface area contributed by atoms with Gasteiger partial charge in [-0.25, -0.2) is 9.80 Å². The summed E-state index contributed by atoms with van der Waals surface area (Å²) in [4.78, 5) is 26.9. The van der Waals surface area contributed by atoms with Gasteiger partial charge in [-0.05, 0) is 24.6 Å². The minimum atomic E-state index is -0.341. The van der Waals surface area contributed by atoms with Crippen LogP contribution in [0.1, 0.15) is 36.9 Å². The van der Waals surface area contributed by atoms with Gasteiger partial charge in [0.25, 0.3) is 5.91 Å². The molecule has 1 heterocycles. The second-order valence-electron chi connectivity index (χ2n) is 7.57. The van der Waals surface area contributed by atoms with Crippen molar-refractivity contribution < 1.29 is 19.1 Å². The highest BCUT2D eigenvalue weighted by atomic mass is 16.5. The van der Waals surface area contributed by atoms with E-state index in [9.17, 15) is 9.59 Å². The van der Waals surface area contributed by atoms with Gasteiger partial charge in [0.1, 0.15) is 18.0 Å².